The number of methoxy groups -OCH3 is 1. The topological polar surface area (TPSA) is 93.2 Å². The van der Waals surface area contributed by atoms with Crippen LogP contribution in [0.15, 0.2) is 12.1 Å². The highest BCUT2D eigenvalue weighted by molar-refractivity contribution is 6.17. The van der Waals surface area contributed by atoms with Gasteiger partial charge in [0.2, 0.25) is 0 Å². The van der Waals surface area contributed by atoms with Crippen LogP contribution in [-0.4, -0.2) is 18.0 Å². The molecule has 1 rings (SSSR count). The van der Waals surface area contributed by atoms with Crippen molar-refractivity contribution in [2.24, 2.45) is 0 Å². The third kappa shape index (κ3) is 2.76. The average molecular weight is 269 g/mol. The molecule has 0 bridgehead atoms. The number of rotatable bonds is 4. The second kappa shape index (κ2) is 5.98. The van der Waals surface area contributed by atoms with Crippen LogP contribution in [-0.2, 0) is 21.8 Å². The molecule has 6 nitrogen and oxygen atoms in total. The van der Waals surface area contributed by atoms with E-state index < -0.39 is 10.9 Å². The maximum absolute atomic E-state index is 11.2. The van der Waals surface area contributed by atoms with E-state index in [1.54, 1.807) is 6.07 Å². The Morgan fingerprint density at radius 3 is 2.61 bits per heavy atom. The number of alkyl halides is 1. The van der Waals surface area contributed by atoms with Crippen LogP contribution in [0.1, 0.15) is 16.7 Å². The summed E-state index contributed by atoms with van der Waals surface area (Å²) in [6.45, 7) is 0. The highest BCUT2D eigenvalue weighted by atomic mass is 35.5. The molecular weight excluding hydrogens is 260 g/mol. The predicted molar refractivity (Wildman–Crippen MR) is 63.1 cm³/mol. The van der Waals surface area contributed by atoms with Gasteiger partial charge in [0.15, 0.2) is 0 Å². The van der Waals surface area contributed by atoms with Crippen LogP contribution >= 0.6 is 11.6 Å². The lowest BCUT2D eigenvalue weighted by atomic mass is 10.0. The Labute approximate surface area is 108 Å². The maximum atomic E-state index is 11.2. The van der Waals surface area contributed by atoms with Crippen molar-refractivity contribution in [3.8, 4) is 6.07 Å². The van der Waals surface area contributed by atoms with E-state index in [0.717, 1.165) is 0 Å². The first kappa shape index (κ1) is 13.9. The Morgan fingerprint density at radius 1 is 1.56 bits per heavy atom. The van der Waals surface area contributed by atoms with Gasteiger partial charge in [0.05, 0.1) is 18.5 Å². The molecule has 0 amide bonds. The van der Waals surface area contributed by atoms with E-state index in [-0.39, 0.29) is 29.1 Å². The SMILES string of the molecule is COC(=O)Cc1ccc(CCl)c(C#N)c1[N+](=O)[O-]. The van der Waals surface area contributed by atoms with Gasteiger partial charge in [-0.25, -0.2) is 0 Å². The first-order valence-corrected chi connectivity index (χ1v) is 5.40. The Bertz CT molecular complexity index is 537. The molecule has 0 unspecified atom stereocenters. The predicted octanol–water partition coefficient (Wildman–Crippen LogP) is 1.92. The van der Waals surface area contributed by atoms with E-state index in [1.807, 2.05) is 0 Å². The number of hydrogen-bond acceptors (Lipinski definition) is 5. The number of hydrogen-bond donors (Lipinski definition) is 0. The van der Waals surface area contributed by atoms with Crippen molar-refractivity contribution in [2.75, 3.05) is 7.11 Å². The van der Waals surface area contributed by atoms with Crippen LogP contribution in [0.5, 0.6) is 0 Å². The number of nitriles is 1. The minimum atomic E-state index is -0.688. The largest absolute Gasteiger partial charge is 0.469 e. The monoisotopic (exact) mass is 268 g/mol. The van der Waals surface area contributed by atoms with E-state index in [0.29, 0.717) is 5.56 Å². The lowest BCUT2D eigenvalue weighted by Crippen LogP contribution is -2.08. The minimum Gasteiger partial charge on any atom is -0.469 e. The molecule has 0 aliphatic carbocycles. The van der Waals surface area contributed by atoms with E-state index in [2.05, 4.69) is 4.74 Å². The van der Waals surface area contributed by atoms with Gasteiger partial charge in [-0.05, 0) is 5.56 Å². The molecule has 7 heteroatoms. The number of benzene rings is 1. The van der Waals surface area contributed by atoms with Crippen LogP contribution < -0.4 is 0 Å². The van der Waals surface area contributed by atoms with Crippen molar-refractivity contribution >= 4 is 23.3 Å². The number of nitrogens with zero attached hydrogens (tertiary/aromatic N) is 2. The van der Waals surface area contributed by atoms with Gasteiger partial charge in [-0.2, -0.15) is 5.26 Å². The highest BCUT2D eigenvalue weighted by Gasteiger charge is 2.24. The van der Waals surface area contributed by atoms with E-state index in [1.165, 1.54) is 19.2 Å². The quantitative estimate of drug-likeness (QED) is 0.360. The summed E-state index contributed by atoms with van der Waals surface area (Å²) in [5.74, 6) is -0.622. The molecule has 18 heavy (non-hydrogen) atoms. The Hall–Kier alpha value is -2.13. The molecule has 0 atom stereocenters. The lowest BCUT2D eigenvalue weighted by molar-refractivity contribution is -0.385. The molecule has 0 aliphatic heterocycles. The van der Waals surface area contributed by atoms with Crippen molar-refractivity contribution in [3.63, 3.8) is 0 Å². The Kier molecular flexibility index (Phi) is 4.63. The molecule has 0 saturated heterocycles. The molecular formula is C11H9ClN2O4. The molecule has 0 radical (unpaired) electrons. The van der Waals surface area contributed by atoms with Crippen molar-refractivity contribution in [1.29, 1.82) is 5.26 Å². The molecule has 0 spiro atoms. The van der Waals surface area contributed by atoms with Crippen LogP contribution in [0.2, 0.25) is 0 Å². The maximum Gasteiger partial charge on any atom is 0.310 e. The van der Waals surface area contributed by atoms with Crippen molar-refractivity contribution < 1.29 is 14.5 Å². The van der Waals surface area contributed by atoms with Crippen LogP contribution in [0.4, 0.5) is 5.69 Å². The zero-order valence-electron chi connectivity index (χ0n) is 9.47. The number of nitro groups is 1. The fourth-order valence-corrected chi connectivity index (χ4v) is 1.71. The molecule has 1 aromatic rings. The summed E-state index contributed by atoms with van der Waals surface area (Å²) in [6, 6.07) is 4.66. The van der Waals surface area contributed by atoms with Gasteiger partial charge < -0.3 is 4.74 Å². The number of ether oxygens (including phenoxy) is 1. The summed E-state index contributed by atoms with van der Waals surface area (Å²) in [7, 11) is 1.19. The van der Waals surface area contributed by atoms with Gasteiger partial charge in [0.1, 0.15) is 11.6 Å². The van der Waals surface area contributed by atoms with Crippen LogP contribution in [0, 0.1) is 21.4 Å². The highest BCUT2D eigenvalue weighted by Crippen LogP contribution is 2.28. The van der Waals surface area contributed by atoms with E-state index in [9.17, 15) is 14.9 Å². The summed E-state index contributed by atoms with van der Waals surface area (Å²) in [5, 5.41) is 20.0. The fourth-order valence-electron chi connectivity index (χ4n) is 1.49. The third-order valence-corrected chi connectivity index (χ3v) is 2.64. The molecule has 1 aromatic carbocycles. The fraction of sp³-hybridized carbons (Fsp3) is 0.273. The minimum absolute atomic E-state index is 0.0117. The molecule has 0 fully saturated rings. The number of carbonyl (C=O) groups excluding carboxylic acids is 1. The summed E-state index contributed by atoms with van der Waals surface area (Å²) in [6.07, 6.45) is -0.260. The van der Waals surface area contributed by atoms with Gasteiger partial charge in [-0.3, -0.25) is 14.9 Å². The standard InChI is InChI=1S/C11H9ClN2O4/c1-18-10(15)4-7-2-3-8(5-12)9(6-13)11(7)14(16)17/h2-3H,4-5H2,1H3. The first-order chi connectivity index (χ1) is 8.54. The lowest BCUT2D eigenvalue weighted by Gasteiger charge is -2.06. The summed E-state index contributed by atoms with van der Waals surface area (Å²) < 4.78 is 4.45. The van der Waals surface area contributed by atoms with Gasteiger partial charge in [0, 0.05) is 11.4 Å². The van der Waals surface area contributed by atoms with Gasteiger partial charge in [0.25, 0.3) is 5.69 Å². The average Bonchev–Trinajstić information content (AvgIpc) is 2.37. The molecule has 0 N–H and O–H groups in total. The van der Waals surface area contributed by atoms with E-state index >= 15 is 0 Å². The second-order valence-corrected chi connectivity index (χ2v) is 3.63. The number of halogens is 1. The molecule has 0 heterocycles. The Balaban J connectivity index is 3.40. The van der Waals surface area contributed by atoms with Crippen molar-refractivity contribution in [1.82, 2.24) is 0 Å². The van der Waals surface area contributed by atoms with Crippen LogP contribution in [0.25, 0.3) is 0 Å². The molecule has 0 aliphatic rings. The molecule has 94 valence electrons. The second-order valence-electron chi connectivity index (χ2n) is 3.36. The van der Waals surface area contributed by atoms with Crippen molar-refractivity contribution in [2.45, 2.75) is 12.3 Å². The first-order valence-electron chi connectivity index (χ1n) is 4.87. The normalized spacial score (nSPS) is 9.61. The number of esters is 1. The molecule has 0 aromatic heterocycles. The van der Waals surface area contributed by atoms with Gasteiger partial charge >= 0.3 is 5.97 Å². The Morgan fingerprint density at radius 2 is 2.17 bits per heavy atom. The van der Waals surface area contributed by atoms with Gasteiger partial charge in [-0.1, -0.05) is 12.1 Å². The third-order valence-electron chi connectivity index (χ3n) is 2.35. The van der Waals surface area contributed by atoms with Crippen molar-refractivity contribution in [3.05, 3.63) is 38.9 Å². The summed E-state index contributed by atoms with van der Waals surface area (Å²) in [5.41, 5.74) is -0.00537. The molecule has 0 saturated carbocycles. The zero-order valence-corrected chi connectivity index (χ0v) is 10.2. The zero-order chi connectivity index (χ0) is 13.7. The van der Waals surface area contributed by atoms with E-state index in [4.69, 9.17) is 16.9 Å². The summed E-state index contributed by atoms with van der Waals surface area (Å²) in [4.78, 5) is 21.5. The summed E-state index contributed by atoms with van der Waals surface area (Å²) >= 11 is 5.61. The number of nitro benzene ring substituents is 1. The smallest absolute Gasteiger partial charge is 0.310 e. The van der Waals surface area contributed by atoms with Crippen LogP contribution in [0.3, 0.4) is 0 Å². The number of carbonyl (C=O) groups is 1. The van der Waals surface area contributed by atoms with Gasteiger partial charge in [-0.15, -0.1) is 11.6 Å².